The second kappa shape index (κ2) is 8.00. The number of ketones is 1. The van der Waals surface area contributed by atoms with Crippen molar-refractivity contribution in [1.82, 2.24) is 9.80 Å². The van der Waals surface area contributed by atoms with E-state index in [2.05, 4.69) is 9.80 Å². The third-order valence-electron chi connectivity index (χ3n) is 5.29. The first-order chi connectivity index (χ1) is 13.8. The summed E-state index contributed by atoms with van der Waals surface area (Å²) < 4.78 is 0. The fourth-order valence-corrected chi connectivity index (χ4v) is 4.09. The molecule has 0 unspecified atom stereocenters. The van der Waals surface area contributed by atoms with Gasteiger partial charge in [0.1, 0.15) is 0 Å². The van der Waals surface area contributed by atoms with E-state index in [1.807, 2.05) is 60.7 Å². The van der Waals surface area contributed by atoms with Crippen molar-refractivity contribution in [2.24, 2.45) is 0 Å². The van der Waals surface area contributed by atoms with E-state index in [0.717, 1.165) is 22.5 Å². The number of fused-ring (bicyclic) bond motifs is 1. The zero-order valence-electron chi connectivity index (χ0n) is 15.7. The van der Waals surface area contributed by atoms with Crippen molar-refractivity contribution >= 4 is 16.9 Å². The monoisotopic (exact) mass is 376 g/mol. The molecule has 4 rings (SSSR count). The van der Waals surface area contributed by atoms with Gasteiger partial charge in [0.05, 0.1) is 35.8 Å². The zero-order chi connectivity index (χ0) is 19.5. The fourth-order valence-electron chi connectivity index (χ4n) is 4.09. The van der Waals surface area contributed by atoms with Crippen molar-refractivity contribution in [3.8, 4) is 0 Å². The maximum absolute atomic E-state index is 13.7. The topological polar surface area (TPSA) is 64.0 Å². The SMILES string of the molecule is O=C1C(c2ccccc2)=C2C(=C1c1ccccc1)N(CCO)CCN2CCO. The molecule has 5 heteroatoms. The van der Waals surface area contributed by atoms with Gasteiger partial charge in [0.15, 0.2) is 5.78 Å². The lowest BCUT2D eigenvalue weighted by molar-refractivity contribution is -0.108. The summed E-state index contributed by atoms with van der Waals surface area (Å²) in [5.41, 5.74) is 4.82. The van der Waals surface area contributed by atoms with Crippen molar-refractivity contribution in [2.75, 3.05) is 39.4 Å². The molecular weight excluding hydrogens is 352 g/mol. The zero-order valence-corrected chi connectivity index (χ0v) is 15.7. The molecule has 1 fully saturated rings. The van der Waals surface area contributed by atoms with E-state index in [4.69, 9.17) is 0 Å². The van der Waals surface area contributed by atoms with Gasteiger partial charge in [-0.15, -0.1) is 0 Å². The van der Waals surface area contributed by atoms with Crippen molar-refractivity contribution < 1.29 is 15.0 Å². The Labute approximate surface area is 164 Å². The van der Waals surface area contributed by atoms with E-state index in [0.29, 0.717) is 37.3 Å². The Hall–Kier alpha value is -2.89. The summed E-state index contributed by atoms with van der Waals surface area (Å²) in [6.45, 7) is 2.38. The predicted molar refractivity (Wildman–Crippen MR) is 109 cm³/mol. The lowest BCUT2D eigenvalue weighted by atomic mass is 9.97. The van der Waals surface area contributed by atoms with Crippen molar-refractivity contribution in [3.05, 3.63) is 83.2 Å². The van der Waals surface area contributed by atoms with Gasteiger partial charge in [0, 0.05) is 26.2 Å². The number of hydrogen-bond donors (Lipinski definition) is 2. The maximum atomic E-state index is 13.7. The van der Waals surface area contributed by atoms with Crippen LogP contribution in [0.4, 0.5) is 0 Å². The summed E-state index contributed by atoms with van der Waals surface area (Å²) >= 11 is 0. The molecule has 144 valence electrons. The van der Waals surface area contributed by atoms with Gasteiger partial charge in [-0.05, 0) is 11.1 Å². The first-order valence-electron chi connectivity index (χ1n) is 9.62. The molecule has 28 heavy (non-hydrogen) atoms. The molecule has 2 N–H and O–H groups in total. The molecule has 0 amide bonds. The minimum Gasteiger partial charge on any atom is -0.395 e. The van der Waals surface area contributed by atoms with Crippen LogP contribution in [0, 0.1) is 0 Å². The van der Waals surface area contributed by atoms with E-state index in [1.54, 1.807) is 0 Å². The number of hydrogen-bond acceptors (Lipinski definition) is 5. The Morgan fingerprint density at radius 2 is 1.07 bits per heavy atom. The average molecular weight is 376 g/mol. The molecule has 5 nitrogen and oxygen atoms in total. The van der Waals surface area contributed by atoms with Gasteiger partial charge >= 0.3 is 0 Å². The molecular formula is C23H24N2O3. The van der Waals surface area contributed by atoms with Gasteiger partial charge in [-0.1, -0.05) is 60.7 Å². The molecule has 0 aromatic heterocycles. The Kier molecular flexibility index (Phi) is 5.28. The number of allylic oxidation sites excluding steroid dienone is 2. The van der Waals surface area contributed by atoms with Crippen LogP contribution < -0.4 is 0 Å². The molecule has 0 spiro atoms. The predicted octanol–water partition coefficient (Wildman–Crippen LogP) is 1.99. The summed E-state index contributed by atoms with van der Waals surface area (Å²) in [7, 11) is 0. The summed E-state index contributed by atoms with van der Waals surface area (Å²) in [5.74, 6) is -0.00446. The van der Waals surface area contributed by atoms with Gasteiger partial charge in [-0.25, -0.2) is 0 Å². The third-order valence-corrected chi connectivity index (χ3v) is 5.29. The Bertz CT molecular complexity index is 844. The van der Waals surface area contributed by atoms with E-state index < -0.39 is 0 Å². The normalized spacial score (nSPS) is 16.9. The number of rotatable bonds is 6. The largest absolute Gasteiger partial charge is 0.395 e. The minimum absolute atomic E-state index is 0.00446. The van der Waals surface area contributed by atoms with Gasteiger partial charge in [-0.3, -0.25) is 4.79 Å². The highest BCUT2D eigenvalue weighted by Crippen LogP contribution is 2.44. The van der Waals surface area contributed by atoms with Gasteiger partial charge in [0.2, 0.25) is 0 Å². The van der Waals surface area contributed by atoms with Crippen LogP contribution >= 0.6 is 0 Å². The second-order valence-electron chi connectivity index (χ2n) is 6.93. The molecule has 2 aromatic rings. The maximum Gasteiger partial charge on any atom is 0.198 e. The molecule has 0 radical (unpaired) electrons. The number of piperazine rings is 1. The van der Waals surface area contributed by atoms with Gasteiger partial charge in [0.25, 0.3) is 0 Å². The lowest BCUT2D eigenvalue weighted by Crippen LogP contribution is -2.44. The summed E-state index contributed by atoms with van der Waals surface area (Å²) in [5, 5.41) is 19.2. The molecule has 2 aliphatic rings. The average Bonchev–Trinajstić information content (AvgIpc) is 3.04. The molecule has 1 heterocycles. The smallest absolute Gasteiger partial charge is 0.198 e. The number of benzene rings is 2. The molecule has 2 aromatic carbocycles. The lowest BCUT2D eigenvalue weighted by Gasteiger charge is -2.40. The number of aliphatic hydroxyl groups excluding tert-OH is 2. The first-order valence-corrected chi connectivity index (χ1v) is 9.62. The van der Waals surface area contributed by atoms with Crippen LogP contribution in [0.5, 0.6) is 0 Å². The molecule has 0 bridgehead atoms. The van der Waals surface area contributed by atoms with Gasteiger partial charge < -0.3 is 20.0 Å². The van der Waals surface area contributed by atoms with Gasteiger partial charge in [-0.2, -0.15) is 0 Å². The highest BCUT2D eigenvalue weighted by atomic mass is 16.3. The molecule has 1 saturated heterocycles. The first kappa shape index (κ1) is 18.5. The highest BCUT2D eigenvalue weighted by molar-refractivity contribution is 6.46. The van der Waals surface area contributed by atoms with Crippen LogP contribution in [-0.2, 0) is 4.79 Å². The van der Waals surface area contributed by atoms with Crippen LogP contribution in [0.3, 0.4) is 0 Å². The number of β-amino-alcohol motifs (C(OH)–C–C–N with tert-alkyl or cyclic N) is 2. The Morgan fingerprint density at radius 3 is 1.43 bits per heavy atom. The third kappa shape index (κ3) is 3.13. The van der Waals surface area contributed by atoms with Crippen LogP contribution in [0.2, 0.25) is 0 Å². The summed E-state index contributed by atoms with van der Waals surface area (Å²) in [4.78, 5) is 17.9. The van der Waals surface area contributed by atoms with Crippen LogP contribution in [0.15, 0.2) is 72.1 Å². The number of carbonyl (C=O) groups excluding carboxylic acids is 1. The second-order valence-corrected chi connectivity index (χ2v) is 6.93. The van der Waals surface area contributed by atoms with Crippen LogP contribution in [0.25, 0.3) is 11.1 Å². The molecule has 0 saturated carbocycles. The standard InChI is InChI=1S/C23H24N2O3/c26-15-13-24-11-12-25(14-16-27)22-20(18-9-5-2-6-10-18)23(28)19(21(22)24)17-7-3-1-4-8-17/h1-10,26-27H,11-16H2. The number of Topliss-reactive ketones (excluding diaryl/α,β-unsaturated/α-hetero) is 1. The van der Waals surface area contributed by atoms with Crippen LogP contribution in [0.1, 0.15) is 11.1 Å². The Balaban J connectivity index is 1.95. The molecule has 1 aliphatic heterocycles. The number of nitrogens with zero attached hydrogens (tertiary/aromatic N) is 2. The minimum atomic E-state index is -0.00446. The summed E-state index contributed by atoms with van der Waals surface area (Å²) in [6.07, 6.45) is 0. The quantitative estimate of drug-likeness (QED) is 0.807. The number of aliphatic hydroxyl groups is 2. The number of carbonyl (C=O) groups is 1. The molecule has 0 atom stereocenters. The highest BCUT2D eigenvalue weighted by Gasteiger charge is 2.41. The van der Waals surface area contributed by atoms with Crippen molar-refractivity contribution in [2.45, 2.75) is 0 Å². The van der Waals surface area contributed by atoms with Crippen molar-refractivity contribution in [1.29, 1.82) is 0 Å². The summed E-state index contributed by atoms with van der Waals surface area (Å²) in [6, 6.07) is 19.4. The van der Waals surface area contributed by atoms with Crippen molar-refractivity contribution in [3.63, 3.8) is 0 Å². The van der Waals surface area contributed by atoms with E-state index >= 15 is 0 Å². The Morgan fingerprint density at radius 1 is 0.679 bits per heavy atom. The molecule has 1 aliphatic carbocycles. The van der Waals surface area contributed by atoms with Crippen LogP contribution in [-0.4, -0.2) is 65.2 Å². The van der Waals surface area contributed by atoms with E-state index in [1.165, 1.54) is 0 Å². The van der Waals surface area contributed by atoms with E-state index in [9.17, 15) is 15.0 Å². The van der Waals surface area contributed by atoms with E-state index in [-0.39, 0.29) is 19.0 Å². The fraction of sp³-hybridized carbons (Fsp3) is 0.261.